The van der Waals surface area contributed by atoms with Crippen molar-refractivity contribution in [2.24, 2.45) is 0 Å². The molecule has 144 valence electrons. The Balaban J connectivity index is 2.89. The number of amides is 1. The number of methoxy groups -OCH3 is 1. The molecule has 9 heteroatoms. The van der Waals surface area contributed by atoms with Crippen molar-refractivity contribution in [2.45, 2.75) is 24.8 Å². The van der Waals surface area contributed by atoms with Gasteiger partial charge in [-0.3, -0.25) is 4.79 Å². The lowest BCUT2D eigenvalue weighted by molar-refractivity contribution is -0.143. The normalized spacial score (nSPS) is 11.8. The number of sulfonamides is 1. The van der Waals surface area contributed by atoms with Crippen molar-refractivity contribution < 1.29 is 27.5 Å². The molecule has 0 saturated heterocycles. The van der Waals surface area contributed by atoms with E-state index in [1.807, 2.05) is 0 Å². The molecular formula is C17H24N2O6S. The van der Waals surface area contributed by atoms with Crippen molar-refractivity contribution in [3.8, 4) is 5.75 Å². The minimum Gasteiger partial charge on any atom is -0.495 e. The molecular weight excluding hydrogens is 360 g/mol. The van der Waals surface area contributed by atoms with Crippen molar-refractivity contribution in [1.29, 1.82) is 0 Å². The van der Waals surface area contributed by atoms with Crippen LogP contribution in [-0.2, 0) is 24.3 Å². The molecule has 0 radical (unpaired) electrons. The summed E-state index contributed by atoms with van der Waals surface area (Å²) in [6.45, 7) is 3.20. The molecule has 1 amide bonds. The number of nitrogens with zero attached hydrogens (tertiary/aromatic N) is 1. The molecule has 0 bridgehead atoms. The summed E-state index contributed by atoms with van der Waals surface area (Å²) in [6.07, 6.45) is 2.52. The van der Waals surface area contributed by atoms with Crippen LogP contribution in [0.15, 0.2) is 29.2 Å². The topological polar surface area (TPSA) is 102 Å². The summed E-state index contributed by atoms with van der Waals surface area (Å²) in [6, 6.07) is 4.44. The van der Waals surface area contributed by atoms with Gasteiger partial charge in [-0.25, -0.2) is 17.5 Å². The molecule has 1 aromatic rings. The number of carbonyl (C=O) groups excluding carboxylic acids is 2. The predicted octanol–water partition coefficient (Wildman–Crippen LogP) is 1.03. The van der Waals surface area contributed by atoms with Crippen molar-refractivity contribution in [3.05, 3.63) is 29.8 Å². The Labute approximate surface area is 153 Å². The largest absolute Gasteiger partial charge is 0.495 e. The second kappa shape index (κ2) is 9.35. The maximum Gasteiger partial charge on any atom is 0.331 e. The van der Waals surface area contributed by atoms with Crippen LogP contribution >= 0.6 is 0 Å². The van der Waals surface area contributed by atoms with E-state index in [1.165, 1.54) is 39.4 Å². The third-order valence-electron chi connectivity index (χ3n) is 3.15. The predicted molar refractivity (Wildman–Crippen MR) is 97.1 cm³/mol. The van der Waals surface area contributed by atoms with Crippen LogP contribution in [0.4, 0.5) is 0 Å². The summed E-state index contributed by atoms with van der Waals surface area (Å²) < 4.78 is 35.7. The highest BCUT2D eigenvalue weighted by atomic mass is 32.2. The van der Waals surface area contributed by atoms with Gasteiger partial charge < -0.3 is 14.8 Å². The molecule has 0 aliphatic heterocycles. The summed E-state index contributed by atoms with van der Waals surface area (Å²) >= 11 is 0. The molecule has 0 aromatic heterocycles. The summed E-state index contributed by atoms with van der Waals surface area (Å²) in [5.74, 6) is -0.911. The molecule has 0 heterocycles. The fourth-order valence-electron chi connectivity index (χ4n) is 1.91. The second-order valence-corrected chi connectivity index (χ2v) is 7.98. The fourth-order valence-corrected chi connectivity index (χ4v) is 2.99. The number of nitrogens with one attached hydrogen (secondary N) is 1. The molecule has 0 aliphatic carbocycles. The minimum absolute atomic E-state index is 0.0168. The van der Waals surface area contributed by atoms with Crippen LogP contribution in [0.1, 0.15) is 19.4 Å². The number of benzene rings is 1. The number of esters is 1. The number of hydrogen-bond acceptors (Lipinski definition) is 6. The highest BCUT2D eigenvalue weighted by molar-refractivity contribution is 7.89. The maximum atomic E-state index is 12.4. The highest BCUT2D eigenvalue weighted by Gasteiger charge is 2.22. The number of rotatable bonds is 8. The Morgan fingerprint density at radius 2 is 1.92 bits per heavy atom. The lowest BCUT2D eigenvalue weighted by Crippen LogP contribution is -2.33. The van der Waals surface area contributed by atoms with E-state index in [0.29, 0.717) is 5.56 Å². The maximum absolute atomic E-state index is 12.4. The van der Waals surface area contributed by atoms with Crippen molar-refractivity contribution >= 4 is 28.0 Å². The minimum atomic E-state index is -3.71. The molecule has 0 atom stereocenters. The van der Waals surface area contributed by atoms with E-state index in [9.17, 15) is 18.0 Å². The van der Waals surface area contributed by atoms with E-state index in [4.69, 9.17) is 9.47 Å². The van der Waals surface area contributed by atoms with Gasteiger partial charge in [0.15, 0.2) is 6.61 Å². The van der Waals surface area contributed by atoms with Crippen LogP contribution in [0, 0.1) is 0 Å². The van der Waals surface area contributed by atoms with Crippen molar-refractivity contribution in [2.75, 3.05) is 27.8 Å². The zero-order chi connectivity index (χ0) is 19.9. The number of ether oxygens (including phenoxy) is 2. The van der Waals surface area contributed by atoms with Crippen molar-refractivity contribution in [1.82, 2.24) is 9.62 Å². The van der Waals surface area contributed by atoms with Crippen LogP contribution in [-0.4, -0.2) is 58.5 Å². The third-order valence-corrected chi connectivity index (χ3v) is 4.99. The molecule has 0 saturated carbocycles. The Morgan fingerprint density at radius 1 is 1.27 bits per heavy atom. The van der Waals surface area contributed by atoms with Gasteiger partial charge in [-0.1, -0.05) is 6.07 Å². The second-order valence-electron chi connectivity index (χ2n) is 5.86. The van der Waals surface area contributed by atoms with Gasteiger partial charge in [0.2, 0.25) is 10.0 Å². The van der Waals surface area contributed by atoms with Gasteiger partial charge in [0.05, 0.1) is 7.11 Å². The van der Waals surface area contributed by atoms with E-state index >= 15 is 0 Å². The van der Waals surface area contributed by atoms with E-state index < -0.39 is 21.9 Å². The van der Waals surface area contributed by atoms with Crippen LogP contribution in [0.2, 0.25) is 0 Å². The monoisotopic (exact) mass is 384 g/mol. The average Bonchev–Trinajstić information content (AvgIpc) is 2.57. The zero-order valence-electron chi connectivity index (χ0n) is 15.5. The van der Waals surface area contributed by atoms with Crippen LogP contribution in [0.25, 0.3) is 6.08 Å². The molecule has 0 spiro atoms. The van der Waals surface area contributed by atoms with Gasteiger partial charge in [0.1, 0.15) is 10.6 Å². The van der Waals surface area contributed by atoms with Gasteiger partial charge in [0, 0.05) is 26.2 Å². The molecule has 0 fully saturated rings. The summed E-state index contributed by atoms with van der Waals surface area (Å²) in [4.78, 5) is 23.1. The lowest BCUT2D eigenvalue weighted by atomic mass is 10.2. The molecule has 0 unspecified atom stereocenters. The Morgan fingerprint density at radius 3 is 2.46 bits per heavy atom. The number of carbonyl (C=O) groups is 2. The summed E-state index contributed by atoms with van der Waals surface area (Å²) in [5.41, 5.74) is 0.467. The molecule has 8 nitrogen and oxygen atoms in total. The summed E-state index contributed by atoms with van der Waals surface area (Å²) in [5, 5.41) is 2.59. The first-order chi connectivity index (χ1) is 12.1. The lowest BCUT2D eigenvalue weighted by Gasteiger charge is -2.14. The standard InChI is InChI=1S/C17H24N2O6S/c1-12(2)18-16(20)11-25-17(21)9-7-13-6-8-14(24-5)15(10-13)26(22,23)19(3)4/h6-10,12H,11H2,1-5H3,(H,18,20)/b9-7+. The molecule has 1 aromatic carbocycles. The van der Waals surface area contributed by atoms with E-state index in [2.05, 4.69) is 5.32 Å². The van der Waals surface area contributed by atoms with E-state index in [-0.39, 0.29) is 23.3 Å². The van der Waals surface area contributed by atoms with Gasteiger partial charge in [-0.2, -0.15) is 0 Å². The van der Waals surface area contributed by atoms with Crippen LogP contribution in [0.5, 0.6) is 5.75 Å². The Kier molecular flexibility index (Phi) is 7.78. The third kappa shape index (κ3) is 6.16. The smallest absolute Gasteiger partial charge is 0.331 e. The first-order valence-corrected chi connectivity index (χ1v) is 9.26. The quantitative estimate of drug-likeness (QED) is 0.530. The first kappa shape index (κ1) is 21.7. The van der Waals surface area contributed by atoms with Gasteiger partial charge in [-0.05, 0) is 37.6 Å². The Bertz CT molecular complexity index is 784. The van der Waals surface area contributed by atoms with Gasteiger partial charge in [-0.15, -0.1) is 0 Å². The fraction of sp³-hybridized carbons (Fsp3) is 0.412. The average molecular weight is 384 g/mol. The molecule has 1 N–H and O–H groups in total. The first-order valence-electron chi connectivity index (χ1n) is 7.82. The molecule has 26 heavy (non-hydrogen) atoms. The van der Waals surface area contributed by atoms with Gasteiger partial charge >= 0.3 is 5.97 Å². The van der Waals surface area contributed by atoms with Gasteiger partial charge in [0.25, 0.3) is 5.91 Å². The van der Waals surface area contributed by atoms with E-state index in [1.54, 1.807) is 19.9 Å². The Hall–Kier alpha value is -2.39. The highest BCUT2D eigenvalue weighted by Crippen LogP contribution is 2.27. The van der Waals surface area contributed by atoms with Crippen LogP contribution < -0.4 is 10.1 Å². The van der Waals surface area contributed by atoms with Crippen LogP contribution in [0.3, 0.4) is 0 Å². The molecule has 0 aliphatic rings. The summed E-state index contributed by atoms with van der Waals surface area (Å²) in [7, 11) is 0.493. The van der Waals surface area contributed by atoms with E-state index in [0.717, 1.165) is 10.4 Å². The molecule has 1 rings (SSSR count). The SMILES string of the molecule is COc1ccc(/C=C/C(=O)OCC(=O)NC(C)C)cc1S(=O)(=O)N(C)C. The number of hydrogen-bond donors (Lipinski definition) is 1. The zero-order valence-corrected chi connectivity index (χ0v) is 16.3. The van der Waals surface area contributed by atoms with Crippen molar-refractivity contribution in [3.63, 3.8) is 0 Å².